The van der Waals surface area contributed by atoms with E-state index in [0.29, 0.717) is 5.82 Å². The first-order chi connectivity index (χ1) is 24.5. The second kappa shape index (κ2) is 10.8. The van der Waals surface area contributed by atoms with Gasteiger partial charge in [0.05, 0.1) is 11.4 Å². The maximum Gasteiger partial charge on any atom is 0.160 e. The van der Waals surface area contributed by atoms with Crippen LogP contribution in [0.2, 0.25) is 0 Å². The second-order valence-electron chi connectivity index (χ2n) is 13.8. The first kappa shape index (κ1) is 28.7. The molecule has 1 aliphatic carbocycles. The third-order valence-corrected chi connectivity index (χ3v) is 10.5. The van der Waals surface area contributed by atoms with Gasteiger partial charge >= 0.3 is 0 Å². The van der Waals surface area contributed by atoms with E-state index in [1.165, 1.54) is 33.0 Å². The minimum absolute atomic E-state index is 0.144. The highest BCUT2D eigenvalue weighted by Crippen LogP contribution is 2.53. The highest BCUT2D eigenvalue weighted by molar-refractivity contribution is 6.09. The molecule has 0 N–H and O–H groups in total. The topological polar surface area (TPSA) is 38.9 Å². The Balaban J connectivity index is 1.18. The van der Waals surface area contributed by atoms with Gasteiger partial charge in [-0.25, -0.2) is 9.97 Å². The van der Waals surface area contributed by atoms with Gasteiger partial charge in [0.25, 0.3) is 0 Å². The molecule has 2 aromatic heterocycles. The summed E-state index contributed by atoms with van der Waals surface area (Å²) >= 11 is 0. The Bertz CT molecular complexity index is 2790. The van der Waals surface area contributed by atoms with Crippen LogP contribution in [-0.2, 0) is 5.41 Å². The summed E-state index contributed by atoms with van der Waals surface area (Å²) in [4.78, 5) is 10.5. The van der Waals surface area contributed by atoms with Gasteiger partial charge in [-0.3, -0.25) is 0 Å². The van der Waals surface area contributed by atoms with E-state index in [-0.39, 0.29) is 5.41 Å². The lowest BCUT2D eigenvalue weighted by molar-refractivity contribution is 0.661. The monoisotopic (exact) mass is 640 g/mol. The van der Waals surface area contributed by atoms with Crippen LogP contribution in [0.5, 0.6) is 0 Å². The Morgan fingerprint density at radius 1 is 0.460 bits per heavy atom. The minimum atomic E-state index is -0.144. The fourth-order valence-electron chi connectivity index (χ4n) is 7.96. The van der Waals surface area contributed by atoms with E-state index < -0.39 is 0 Å². The van der Waals surface area contributed by atoms with Crippen molar-refractivity contribution in [3.63, 3.8) is 0 Å². The van der Waals surface area contributed by atoms with Crippen LogP contribution in [0.3, 0.4) is 0 Å². The van der Waals surface area contributed by atoms with Crippen LogP contribution in [0.25, 0.3) is 88.9 Å². The molecule has 0 amide bonds. The van der Waals surface area contributed by atoms with E-state index in [4.69, 9.17) is 14.4 Å². The fourth-order valence-corrected chi connectivity index (χ4v) is 7.96. The summed E-state index contributed by atoms with van der Waals surface area (Å²) in [6.07, 6.45) is 0. The van der Waals surface area contributed by atoms with Crippen LogP contribution in [0.15, 0.2) is 162 Å². The number of fused-ring (bicyclic) bond motifs is 7. The number of hydrogen-bond acceptors (Lipinski definition) is 3. The molecular formula is C47H32N2O. The van der Waals surface area contributed by atoms with E-state index >= 15 is 0 Å². The Hall–Kier alpha value is -6.32. The predicted octanol–water partition coefficient (Wildman–Crippen LogP) is 12.5. The van der Waals surface area contributed by atoms with Gasteiger partial charge in [0.1, 0.15) is 11.2 Å². The van der Waals surface area contributed by atoms with Gasteiger partial charge in [0.15, 0.2) is 5.82 Å². The maximum atomic E-state index is 6.43. The molecule has 0 atom stereocenters. The standard InChI is InChI=1S/C47H32N2O/c1-47(2)39-23-12-22-37(44(39)38-26-30-15-6-7-16-31(30)27-40(38)47)42-28-41(48-46(49-42)29-13-4-3-5-14-29)33-18-10-17-32(25-33)34-20-11-21-36-35-19-8-9-24-43(35)50-45(34)36/h3-28H,1-2H3. The lowest BCUT2D eigenvalue weighted by Crippen LogP contribution is -2.14. The number of benzene rings is 7. The minimum Gasteiger partial charge on any atom is -0.455 e. The first-order valence-corrected chi connectivity index (χ1v) is 17.2. The molecule has 0 unspecified atom stereocenters. The second-order valence-corrected chi connectivity index (χ2v) is 13.8. The molecule has 50 heavy (non-hydrogen) atoms. The molecular weight excluding hydrogens is 609 g/mol. The summed E-state index contributed by atoms with van der Waals surface area (Å²) in [6.45, 7) is 4.68. The molecule has 0 spiro atoms. The number of hydrogen-bond donors (Lipinski definition) is 0. The van der Waals surface area contributed by atoms with Crippen LogP contribution >= 0.6 is 0 Å². The fraction of sp³-hybridized carbons (Fsp3) is 0.0638. The maximum absolute atomic E-state index is 6.43. The van der Waals surface area contributed by atoms with Gasteiger partial charge in [-0.1, -0.05) is 141 Å². The Morgan fingerprint density at radius 2 is 1.12 bits per heavy atom. The van der Waals surface area contributed by atoms with Gasteiger partial charge in [-0.15, -0.1) is 0 Å². The average molecular weight is 641 g/mol. The van der Waals surface area contributed by atoms with Crippen LogP contribution in [0.1, 0.15) is 25.0 Å². The zero-order valence-electron chi connectivity index (χ0n) is 27.8. The normalized spacial score (nSPS) is 13.2. The molecule has 10 rings (SSSR count). The smallest absolute Gasteiger partial charge is 0.160 e. The summed E-state index contributed by atoms with van der Waals surface area (Å²) < 4.78 is 6.43. The van der Waals surface area contributed by atoms with Crippen molar-refractivity contribution >= 4 is 32.7 Å². The molecule has 2 heterocycles. The number of nitrogens with zero attached hydrogens (tertiary/aromatic N) is 2. The van der Waals surface area contributed by atoms with E-state index in [2.05, 4.69) is 141 Å². The lowest BCUT2D eigenvalue weighted by Gasteiger charge is -2.22. The predicted molar refractivity (Wildman–Crippen MR) is 206 cm³/mol. The van der Waals surface area contributed by atoms with E-state index in [1.807, 2.05) is 30.3 Å². The lowest BCUT2D eigenvalue weighted by atomic mass is 9.81. The van der Waals surface area contributed by atoms with Crippen LogP contribution in [0, 0.1) is 0 Å². The molecule has 0 aliphatic heterocycles. The quantitative estimate of drug-likeness (QED) is 0.192. The molecule has 7 aromatic carbocycles. The number of para-hydroxylation sites is 2. The van der Waals surface area contributed by atoms with Crippen molar-refractivity contribution in [3.05, 3.63) is 169 Å². The summed E-state index contributed by atoms with van der Waals surface area (Å²) in [5.74, 6) is 0.705. The van der Waals surface area contributed by atoms with Gasteiger partial charge in [0.2, 0.25) is 0 Å². The summed E-state index contributed by atoms with van der Waals surface area (Å²) in [7, 11) is 0. The Kier molecular flexibility index (Phi) is 6.22. The van der Waals surface area contributed by atoms with Gasteiger partial charge < -0.3 is 4.42 Å². The van der Waals surface area contributed by atoms with E-state index in [0.717, 1.165) is 61.1 Å². The molecule has 0 radical (unpaired) electrons. The molecule has 236 valence electrons. The van der Waals surface area contributed by atoms with E-state index in [9.17, 15) is 0 Å². The van der Waals surface area contributed by atoms with Gasteiger partial charge in [-0.2, -0.15) is 0 Å². The number of furan rings is 1. The molecule has 1 aliphatic rings. The number of aromatic nitrogens is 2. The van der Waals surface area contributed by atoms with Crippen molar-refractivity contribution in [3.8, 4) is 56.2 Å². The van der Waals surface area contributed by atoms with Crippen LogP contribution in [0.4, 0.5) is 0 Å². The van der Waals surface area contributed by atoms with E-state index in [1.54, 1.807) is 0 Å². The highest BCUT2D eigenvalue weighted by atomic mass is 16.3. The molecule has 0 saturated heterocycles. The van der Waals surface area contributed by atoms with Crippen LogP contribution in [-0.4, -0.2) is 9.97 Å². The van der Waals surface area contributed by atoms with Crippen molar-refractivity contribution in [2.45, 2.75) is 19.3 Å². The Labute approximate surface area is 290 Å². The highest BCUT2D eigenvalue weighted by Gasteiger charge is 2.37. The zero-order chi connectivity index (χ0) is 33.4. The van der Waals surface area contributed by atoms with Crippen LogP contribution < -0.4 is 0 Å². The summed E-state index contributed by atoms with van der Waals surface area (Å²) in [5.41, 5.74) is 13.9. The average Bonchev–Trinajstić information content (AvgIpc) is 3.66. The van der Waals surface area contributed by atoms with Gasteiger partial charge in [-0.05, 0) is 68.9 Å². The third-order valence-electron chi connectivity index (χ3n) is 10.5. The molecule has 0 bridgehead atoms. The van der Waals surface area contributed by atoms with Gasteiger partial charge in [0, 0.05) is 38.4 Å². The molecule has 3 nitrogen and oxygen atoms in total. The molecule has 0 saturated carbocycles. The largest absolute Gasteiger partial charge is 0.455 e. The molecule has 3 heteroatoms. The molecule has 0 fully saturated rings. The Morgan fingerprint density at radius 3 is 2.00 bits per heavy atom. The summed E-state index contributed by atoms with van der Waals surface area (Å²) in [5, 5.41) is 4.76. The van der Waals surface area contributed by atoms with Crippen molar-refractivity contribution in [2.24, 2.45) is 0 Å². The zero-order valence-corrected chi connectivity index (χ0v) is 27.8. The molecule has 9 aromatic rings. The number of rotatable bonds is 4. The SMILES string of the molecule is CC1(C)c2cc3ccccc3cc2-c2c(-c3cc(-c4cccc(-c5cccc6c5oc5ccccc56)c4)nc(-c4ccccc4)n3)cccc21. The van der Waals surface area contributed by atoms with Crippen molar-refractivity contribution in [1.82, 2.24) is 9.97 Å². The first-order valence-electron chi connectivity index (χ1n) is 17.2. The van der Waals surface area contributed by atoms with Crippen molar-refractivity contribution in [2.75, 3.05) is 0 Å². The van der Waals surface area contributed by atoms with Crippen molar-refractivity contribution < 1.29 is 4.42 Å². The third kappa shape index (κ3) is 4.37. The van der Waals surface area contributed by atoms with Crippen molar-refractivity contribution in [1.29, 1.82) is 0 Å². The summed E-state index contributed by atoms with van der Waals surface area (Å²) in [6, 6.07) is 55.8.